The van der Waals surface area contributed by atoms with E-state index < -0.39 is 5.54 Å². The fraction of sp³-hybridized carbons (Fsp3) is 0.500. The summed E-state index contributed by atoms with van der Waals surface area (Å²) in [6, 6.07) is 8.62. The zero-order valence-corrected chi connectivity index (χ0v) is 12.4. The number of aromatic nitrogens is 2. The van der Waals surface area contributed by atoms with E-state index in [0.717, 1.165) is 43.1 Å². The Hall–Kier alpha value is -1.88. The van der Waals surface area contributed by atoms with Gasteiger partial charge in [0.05, 0.1) is 17.3 Å². The van der Waals surface area contributed by atoms with Crippen LogP contribution in [0.1, 0.15) is 32.6 Å². The van der Waals surface area contributed by atoms with Crippen molar-refractivity contribution >= 4 is 16.8 Å². The summed E-state index contributed by atoms with van der Waals surface area (Å²) >= 11 is 0. The molecule has 5 heteroatoms. The van der Waals surface area contributed by atoms with Gasteiger partial charge in [0.2, 0.25) is 5.91 Å². The maximum Gasteiger partial charge on any atom is 0.237 e. The molecule has 1 saturated carbocycles. The third-order valence-electron chi connectivity index (χ3n) is 4.24. The number of carbonyl (C=O) groups is 1. The number of fused-ring (bicyclic) bond motifs is 1. The molecule has 1 aromatic carbocycles. The quantitative estimate of drug-likeness (QED) is 0.815. The molecular weight excluding hydrogens is 264 g/mol. The Morgan fingerprint density at radius 1 is 1.48 bits per heavy atom. The zero-order valence-electron chi connectivity index (χ0n) is 12.4. The first kappa shape index (κ1) is 14.1. The molecule has 0 aliphatic heterocycles. The fourth-order valence-electron chi connectivity index (χ4n) is 2.73. The molecule has 1 atom stereocenters. The predicted octanol–water partition coefficient (Wildman–Crippen LogP) is 1.81. The van der Waals surface area contributed by atoms with Crippen molar-refractivity contribution in [2.45, 2.75) is 50.7 Å². The van der Waals surface area contributed by atoms with Gasteiger partial charge in [-0.3, -0.25) is 9.48 Å². The summed E-state index contributed by atoms with van der Waals surface area (Å²) in [6.07, 6.45) is 5.77. The SMILES string of the molecule is CC(CCCn1ncc2ccccc21)(NC1CC1)C(N)=O. The van der Waals surface area contributed by atoms with Gasteiger partial charge in [-0.15, -0.1) is 0 Å². The molecule has 0 saturated heterocycles. The van der Waals surface area contributed by atoms with Gasteiger partial charge in [-0.1, -0.05) is 18.2 Å². The van der Waals surface area contributed by atoms with Gasteiger partial charge >= 0.3 is 0 Å². The van der Waals surface area contributed by atoms with E-state index in [1.54, 1.807) is 0 Å². The molecule has 0 bridgehead atoms. The number of para-hydroxylation sites is 1. The normalized spacial score (nSPS) is 17.8. The lowest BCUT2D eigenvalue weighted by Gasteiger charge is -2.27. The number of nitrogens with zero attached hydrogens (tertiary/aromatic N) is 2. The Labute approximate surface area is 124 Å². The summed E-state index contributed by atoms with van der Waals surface area (Å²) < 4.78 is 1.99. The summed E-state index contributed by atoms with van der Waals surface area (Å²) in [5, 5.41) is 8.94. The van der Waals surface area contributed by atoms with Crippen LogP contribution in [0.25, 0.3) is 10.9 Å². The van der Waals surface area contributed by atoms with Crippen LogP contribution in [-0.2, 0) is 11.3 Å². The first-order valence-corrected chi connectivity index (χ1v) is 7.57. The van der Waals surface area contributed by atoms with E-state index in [0.29, 0.717) is 6.04 Å². The van der Waals surface area contributed by atoms with Crippen molar-refractivity contribution < 1.29 is 4.79 Å². The number of hydrogen-bond donors (Lipinski definition) is 2. The van der Waals surface area contributed by atoms with Crippen molar-refractivity contribution in [3.63, 3.8) is 0 Å². The molecule has 5 nitrogen and oxygen atoms in total. The molecule has 1 heterocycles. The monoisotopic (exact) mass is 286 g/mol. The number of aryl methyl sites for hydroxylation is 1. The molecule has 21 heavy (non-hydrogen) atoms. The summed E-state index contributed by atoms with van der Waals surface area (Å²) in [5.74, 6) is -0.264. The molecule has 1 amide bonds. The molecule has 1 fully saturated rings. The van der Waals surface area contributed by atoms with Gasteiger partial charge in [0.15, 0.2) is 0 Å². The summed E-state index contributed by atoms with van der Waals surface area (Å²) in [4.78, 5) is 11.7. The summed E-state index contributed by atoms with van der Waals surface area (Å²) in [6.45, 7) is 2.71. The largest absolute Gasteiger partial charge is 0.368 e. The van der Waals surface area contributed by atoms with Crippen LogP contribution in [0.3, 0.4) is 0 Å². The van der Waals surface area contributed by atoms with Crippen LogP contribution in [0.2, 0.25) is 0 Å². The average Bonchev–Trinajstić information content (AvgIpc) is 3.17. The maximum absolute atomic E-state index is 11.7. The van der Waals surface area contributed by atoms with Crippen LogP contribution >= 0.6 is 0 Å². The standard InChI is InChI=1S/C16H22N4O/c1-16(15(17)21,19-13-7-8-13)9-4-10-20-14-6-3-2-5-12(14)11-18-20/h2-3,5-6,11,13,19H,4,7-10H2,1H3,(H2,17,21). The van der Waals surface area contributed by atoms with E-state index in [1.165, 1.54) is 0 Å². The van der Waals surface area contributed by atoms with Gasteiger partial charge in [0, 0.05) is 18.0 Å². The second-order valence-corrected chi connectivity index (χ2v) is 6.15. The highest BCUT2D eigenvalue weighted by Crippen LogP contribution is 2.25. The third kappa shape index (κ3) is 3.08. The van der Waals surface area contributed by atoms with E-state index in [4.69, 9.17) is 5.73 Å². The highest BCUT2D eigenvalue weighted by atomic mass is 16.1. The summed E-state index contributed by atoms with van der Waals surface area (Å²) in [5.41, 5.74) is 6.10. The maximum atomic E-state index is 11.7. The van der Waals surface area contributed by atoms with Crippen molar-refractivity contribution in [2.75, 3.05) is 0 Å². The zero-order chi connectivity index (χ0) is 14.9. The Kier molecular flexibility index (Phi) is 3.68. The van der Waals surface area contributed by atoms with E-state index >= 15 is 0 Å². The second-order valence-electron chi connectivity index (χ2n) is 6.15. The molecule has 1 aliphatic rings. The van der Waals surface area contributed by atoms with Crippen LogP contribution < -0.4 is 11.1 Å². The smallest absolute Gasteiger partial charge is 0.237 e. The Balaban J connectivity index is 1.62. The lowest BCUT2D eigenvalue weighted by Crippen LogP contribution is -2.54. The van der Waals surface area contributed by atoms with E-state index in [1.807, 2.05) is 29.9 Å². The van der Waals surface area contributed by atoms with Gasteiger partial charge in [0.25, 0.3) is 0 Å². The summed E-state index contributed by atoms with van der Waals surface area (Å²) in [7, 11) is 0. The average molecular weight is 286 g/mol. The topological polar surface area (TPSA) is 72.9 Å². The molecule has 1 aromatic heterocycles. The van der Waals surface area contributed by atoms with Gasteiger partial charge in [-0.05, 0) is 38.7 Å². The first-order chi connectivity index (χ1) is 10.1. The predicted molar refractivity (Wildman–Crippen MR) is 82.7 cm³/mol. The molecule has 0 spiro atoms. The van der Waals surface area contributed by atoms with Crippen molar-refractivity contribution in [2.24, 2.45) is 5.73 Å². The highest BCUT2D eigenvalue weighted by molar-refractivity contribution is 5.84. The number of hydrogen-bond acceptors (Lipinski definition) is 3. The van der Waals surface area contributed by atoms with Gasteiger partial charge in [-0.25, -0.2) is 0 Å². The van der Waals surface area contributed by atoms with Crippen molar-refractivity contribution in [1.82, 2.24) is 15.1 Å². The van der Waals surface area contributed by atoms with E-state index in [9.17, 15) is 4.79 Å². The van der Waals surface area contributed by atoms with Crippen molar-refractivity contribution in [3.05, 3.63) is 30.5 Å². The van der Waals surface area contributed by atoms with E-state index in [-0.39, 0.29) is 5.91 Å². The van der Waals surface area contributed by atoms with Crippen LogP contribution in [-0.4, -0.2) is 27.3 Å². The lowest BCUT2D eigenvalue weighted by molar-refractivity contribution is -0.124. The van der Waals surface area contributed by atoms with Gasteiger partial charge < -0.3 is 11.1 Å². The Bertz CT molecular complexity index is 647. The minimum Gasteiger partial charge on any atom is -0.368 e. The van der Waals surface area contributed by atoms with Crippen molar-refractivity contribution in [1.29, 1.82) is 0 Å². The number of carbonyl (C=O) groups excluding carboxylic acids is 1. The molecule has 112 valence electrons. The minimum atomic E-state index is -0.607. The number of benzene rings is 1. The molecule has 1 unspecified atom stereocenters. The van der Waals surface area contributed by atoms with Crippen LogP contribution in [0.15, 0.2) is 30.5 Å². The molecule has 0 radical (unpaired) electrons. The number of rotatable bonds is 7. The molecule has 3 N–H and O–H groups in total. The van der Waals surface area contributed by atoms with Crippen LogP contribution in [0.4, 0.5) is 0 Å². The van der Waals surface area contributed by atoms with Gasteiger partial charge in [0.1, 0.15) is 0 Å². The fourth-order valence-corrected chi connectivity index (χ4v) is 2.73. The third-order valence-corrected chi connectivity index (χ3v) is 4.24. The van der Waals surface area contributed by atoms with Crippen LogP contribution in [0, 0.1) is 0 Å². The number of nitrogens with two attached hydrogens (primary N) is 1. The molecule has 2 aromatic rings. The first-order valence-electron chi connectivity index (χ1n) is 7.57. The van der Waals surface area contributed by atoms with Crippen molar-refractivity contribution in [3.8, 4) is 0 Å². The number of primary amides is 1. The number of amides is 1. The second kappa shape index (κ2) is 5.48. The minimum absolute atomic E-state index is 0.264. The number of nitrogens with one attached hydrogen (secondary N) is 1. The molecule has 1 aliphatic carbocycles. The molecule has 3 rings (SSSR count). The molecular formula is C16H22N4O. The van der Waals surface area contributed by atoms with E-state index in [2.05, 4.69) is 22.5 Å². The highest BCUT2D eigenvalue weighted by Gasteiger charge is 2.36. The Morgan fingerprint density at radius 3 is 2.95 bits per heavy atom. The lowest BCUT2D eigenvalue weighted by atomic mass is 9.94. The van der Waals surface area contributed by atoms with Gasteiger partial charge in [-0.2, -0.15) is 5.10 Å². The Morgan fingerprint density at radius 2 is 2.24 bits per heavy atom. The van der Waals surface area contributed by atoms with Crippen LogP contribution in [0.5, 0.6) is 0 Å².